The van der Waals surface area contributed by atoms with Gasteiger partial charge < -0.3 is 4.74 Å². The Hall–Kier alpha value is -1.29. The van der Waals surface area contributed by atoms with Crippen LogP contribution < -0.4 is 4.74 Å². The van der Waals surface area contributed by atoms with Crippen LogP contribution in [0.15, 0.2) is 41.0 Å². The van der Waals surface area contributed by atoms with E-state index in [1.54, 1.807) is 0 Å². The third-order valence-electron chi connectivity index (χ3n) is 3.80. The van der Waals surface area contributed by atoms with Crippen LogP contribution in [0.5, 0.6) is 5.75 Å². The lowest BCUT2D eigenvalue weighted by atomic mass is 9.96. The van der Waals surface area contributed by atoms with Gasteiger partial charge in [0.1, 0.15) is 12.4 Å². The number of hydrogen-bond donors (Lipinski definition) is 0. The minimum atomic E-state index is 0.524. The molecule has 0 bridgehead atoms. The van der Waals surface area contributed by atoms with Gasteiger partial charge in [-0.15, -0.1) is 0 Å². The summed E-state index contributed by atoms with van der Waals surface area (Å²) in [4.78, 5) is 0. The van der Waals surface area contributed by atoms with E-state index in [2.05, 4.69) is 38.0 Å². The second kappa shape index (κ2) is 6.44. The predicted octanol–water partition coefficient (Wildman–Crippen LogP) is 4.73. The van der Waals surface area contributed by atoms with Crippen molar-refractivity contribution in [3.8, 4) is 5.75 Å². The molecule has 1 aromatic heterocycles. The number of aromatic nitrogens is 2. The van der Waals surface area contributed by atoms with Crippen molar-refractivity contribution >= 4 is 15.9 Å². The molecule has 1 fully saturated rings. The van der Waals surface area contributed by atoms with Crippen LogP contribution in [0.2, 0.25) is 0 Å². The van der Waals surface area contributed by atoms with Crippen molar-refractivity contribution in [1.82, 2.24) is 9.78 Å². The molecule has 0 atom stereocenters. The second-order valence-electron chi connectivity index (χ2n) is 5.32. The van der Waals surface area contributed by atoms with Crippen LogP contribution >= 0.6 is 15.9 Å². The average molecular weight is 335 g/mol. The Kier molecular flexibility index (Phi) is 4.41. The van der Waals surface area contributed by atoms with Gasteiger partial charge in [0.2, 0.25) is 0 Å². The molecule has 1 aliphatic carbocycles. The summed E-state index contributed by atoms with van der Waals surface area (Å²) in [5.41, 5.74) is 0.996. The maximum absolute atomic E-state index is 5.77. The maximum atomic E-state index is 5.77. The van der Waals surface area contributed by atoms with Crippen LogP contribution in [0.3, 0.4) is 0 Å². The zero-order valence-corrected chi connectivity index (χ0v) is 13.1. The molecule has 20 heavy (non-hydrogen) atoms. The molecule has 4 heteroatoms. The van der Waals surface area contributed by atoms with Gasteiger partial charge in [-0.3, -0.25) is 4.68 Å². The van der Waals surface area contributed by atoms with Crippen molar-refractivity contribution in [3.05, 3.63) is 46.7 Å². The molecule has 0 N–H and O–H groups in total. The van der Waals surface area contributed by atoms with E-state index < -0.39 is 0 Å². The fourth-order valence-corrected chi connectivity index (χ4v) is 3.10. The highest BCUT2D eigenvalue weighted by Crippen LogP contribution is 2.27. The molecule has 3 rings (SSSR count). The maximum Gasteiger partial charge on any atom is 0.132 e. The monoisotopic (exact) mass is 334 g/mol. The van der Waals surface area contributed by atoms with Crippen molar-refractivity contribution in [2.45, 2.75) is 44.8 Å². The predicted molar refractivity (Wildman–Crippen MR) is 82.8 cm³/mol. The zero-order valence-electron chi connectivity index (χ0n) is 11.5. The van der Waals surface area contributed by atoms with Gasteiger partial charge in [-0.05, 0) is 37.1 Å². The Morgan fingerprint density at radius 3 is 2.85 bits per heavy atom. The highest BCUT2D eigenvalue weighted by Gasteiger charge is 2.15. The normalized spacial score (nSPS) is 16.2. The quantitative estimate of drug-likeness (QED) is 0.808. The van der Waals surface area contributed by atoms with Gasteiger partial charge in [-0.25, -0.2) is 0 Å². The Balaban J connectivity index is 1.59. The first-order valence-electron chi connectivity index (χ1n) is 7.24. The van der Waals surface area contributed by atoms with Crippen molar-refractivity contribution in [2.75, 3.05) is 0 Å². The van der Waals surface area contributed by atoms with E-state index in [1.807, 2.05) is 24.3 Å². The Bertz CT molecular complexity index is 561. The Labute approximate surface area is 128 Å². The van der Waals surface area contributed by atoms with E-state index in [0.717, 1.165) is 15.9 Å². The summed E-state index contributed by atoms with van der Waals surface area (Å²) < 4.78 is 8.92. The first kappa shape index (κ1) is 13.7. The molecule has 0 radical (unpaired) electrons. The molecule has 106 valence electrons. The summed E-state index contributed by atoms with van der Waals surface area (Å²) in [6.07, 6.45) is 8.64. The Morgan fingerprint density at radius 1 is 1.20 bits per heavy atom. The van der Waals surface area contributed by atoms with Crippen LogP contribution in [0.4, 0.5) is 0 Å². The molecule has 1 aliphatic rings. The number of nitrogens with zero attached hydrogens (tertiary/aromatic N) is 2. The van der Waals surface area contributed by atoms with Gasteiger partial charge in [0.15, 0.2) is 0 Å². The van der Waals surface area contributed by atoms with E-state index in [9.17, 15) is 0 Å². The van der Waals surface area contributed by atoms with Crippen molar-refractivity contribution in [2.24, 2.45) is 0 Å². The van der Waals surface area contributed by atoms with Gasteiger partial charge in [0.25, 0.3) is 0 Å². The molecule has 0 saturated heterocycles. The molecular weight excluding hydrogens is 316 g/mol. The first-order chi connectivity index (χ1) is 9.81. The van der Waals surface area contributed by atoms with E-state index >= 15 is 0 Å². The number of hydrogen-bond acceptors (Lipinski definition) is 2. The molecule has 0 unspecified atom stereocenters. The highest BCUT2D eigenvalue weighted by atomic mass is 79.9. The lowest BCUT2D eigenvalue weighted by molar-refractivity contribution is 0.291. The fourth-order valence-electron chi connectivity index (χ4n) is 2.72. The highest BCUT2D eigenvalue weighted by molar-refractivity contribution is 9.10. The van der Waals surface area contributed by atoms with Gasteiger partial charge in [-0.2, -0.15) is 5.10 Å². The SMILES string of the molecule is Brc1cccc(OCc2ccn(C3CCCCC3)n2)c1. The molecule has 3 nitrogen and oxygen atoms in total. The number of ether oxygens (including phenoxy) is 1. The molecule has 1 aromatic carbocycles. The summed E-state index contributed by atoms with van der Waals surface area (Å²) in [7, 11) is 0. The van der Waals surface area contributed by atoms with Crippen LogP contribution in [-0.4, -0.2) is 9.78 Å². The average Bonchev–Trinajstić information content (AvgIpc) is 2.95. The summed E-state index contributed by atoms with van der Waals surface area (Å²) in [5, 5.41) is 4.65. The summed E-state index contributed by atoms with van der Waals surface area (Å²) in [6, 6.07) is 10.5. The van der Waals surface area contributed by atoms with E-state index in [0.29, 0.717) is 12.6 Å². The molecule has 1 heterocycles. The van der Waals surface area contributed by atoms with Crippen LogP contribution in [0.1, 0.15) is 43.8 Å². The molecule has 0 amide bonds. The first-order valence-corrected chi connectivity index (χ1v) is 8.03. The minimum absolute atomic E-state index is 0.524. The topological polar surface area (TPSA) is 27.1 Å². The molecule has 1 saturated carbocycles. The number of benzene rings is 1. The van der Waals surface area contributed by atoms with Crippen LogP contribution in [0, 0.1) is 0 Å². The molecule has 2 aromatic rings. The third-order valence-corrected chi connectivity index (χ3v) is 4.29. The summed E-state index contributed by atoms with van der Waals surface area (Å²) >= 11 is 3.44. The number of halogens is 1. The van der Waals surface area contributed by atoms with Crippen LogP contribution in [0.25, 0.3) is 0 Å². The van der Waals surface area contributed by atoms with Crippen molar-refractivity contribution in [1.29, 1.82) is 0 Å². The van der Waals surface area contributed by atoms with Crippen LogP contribution in [-0.2, 0) is 6.61 Å². The van der Waals surface area contributed by atoms with Gasteiger partial charge in [0, 0.05) is 10.7 Å². The molecular formula is C16H19BrN2O. The Morgan fingerprint density at radius 2 is 2.05 bits per heavy atom. The third kappa shape index (κ3) is 3.42. The largest absolute Gasteiger partial charge is 0.487 e. The fraction of sp³-hybridized carbons (Fsp3) is 0.438. The van der Waals surface area contributed by atoms with Crippen molar-refractivity contribution in [3.63, 3.8) is 0 Å². The van der Waals surface area contributed by atoms with Gasteiger partial charge in [0.05, 0.1) is 11.7 Å². The number of rotatable bonds is 4. The lowest BCUT2D eigenvalue weighted by Crippen LogP contribution is -2.13. The smallest absolute Gasteiger partial charge is 0.132 e. The zero-order chi connectivity index (χ0) is 13.8. The van der Waals surface area contributed by atoms with E-state index in [4.69, 9.17) is 4.74 Å². The van der Waals surface area contributed by atoms with E-state index in [-0.39, 0.29) is 0 Å². The van der Waals surface area contributed by atoms with E-state index in [1.165, 1.54) is 32.1 Å². The van der Waals surface area contributed by atoms with Gasteiger partial charge in [-0.1, -0.05) is 41.3 Å². The minimum Gasteiger partial charge on any atom is -0.487 e. The molecule has 0 spiro atoms. The van der Waals surface area contributed by atoms with Crippen molar-refractivity contribution < 1.29 is 4.74 Å². The van der Waals surface area contributed by atoms with Gasteiger partial charge >= 0.3 is 0 Å². The summed E-state index contributed by atoms with van der Waals surface area (Å²) in [6.45, 7) is 0.524. The molecule has 0 aliphatic heterocycles. The second-order valence-corrected chi connectivity index (χ2v) is 6.24. The lowest BCUT2D eigenvalue weighted by Gasteiger charge is -2.21. The standard InChI is InChI=1S/C16H19BrN2O/c17-13-5-4-8-16(11-13)20-12-14-9-10-19(18-14)15-6-2-1-3-7-15/h4-5,8-11,15H,1-3,6-7,12H2. The summed E-state index contributed by atoms with van der Waals surface area (Å²) in [5.74, 6) is 0.867.